The van der Waals surface area contributed by atoms with Crippen molar-refractivity contribution in [2.45, 2.75) is 31.6 Å². The van der Waals surface area contributed by atoms with Gasteiger partial charge < -0.3 is 10.1 Å². The molecule has 2 heterocycles. The summed E-state index contributed by atoms with van der Waals surface area (Å²) >= 11 is 0. The van der Waals surface area contributed by atoms with Crippen molar-refractivity contribution in [1.82, 2.24) is 15.3 Å². The van der Waals surface area contributed by atoms with Gasteiger partial charge in [-0.3, -0.25) is 15.3 Å². The fraction of sp³-hybridized carbons (Fsp3) is 0.0847. The van der Waals surface area contributed by atoms with Gasteiger partial charge >= 0.3 is 0 Å². The third-order valence-corrected chi connectivity index (χ3v) is 13.1. The average molecular weight is 829 g/mol. The minimum atomic E-state index is -0.640. The van der Waals surface area contributed by atoms with Crippen molar-refractivity contribution in [3.63, 3.8) is 0 Å². The number of hydrogen-bond donors (Lipinski definition) is 2. The molecule has 0 saturated carbocycles. The van der Waals surface area contributed by atoms with Crippen LogP contribution in [0.1, 0.15) is 46.9 Å². The lowest BCUT2D eigenvalue weighted by atomic mass is 9.88. The number of fused-ring (bicyclic) bond motifs is 3. The predicted molar refractivity (Wildman–Crippen MR) is 265 cm³/mol. The van der Waals surface area contributed by atoms with Crippen LogP contribution in [-0.4, -0.2) is 0 Å². The van der Waals surface area contributed by atoms with Crippen LogP contribution in [0, 0.1) is 12.1 Å². The summed E-state index contributed by atoms with van der Waals surface area (Å²) in [7, 11) is 0. The molecule has 9 aromatic carbocycles. The standard InChI is InChI=1S/C59H48N4O/c1-41-38-46(30-36-52(41)56-40-55(44-16-6-2-7-17-44)60-59(61-56)45-18-8-3-9-19-45)43-28-34-51(35-29-43)63(64)57-25-15-14-24-53(57)54-39-47(31-37-58(54)63)42-26-32-50(33-27-42)62(48-20-10-4-11-21-48)49-22-12-5-13-23-49/h2-39,55-56,59-61H,40H2,1H3. The summed E-state index contributed by atoms with van der Waals surface area (Å²) in [5.41, 5.74) is 16.8. The topological polar surface area (TPSA) is 50.4 Å². The zero-order valence-corrected chi connectivity index (χ0v) is 35.7. The van der Waals surface area contributed by atoms with E-state index in [9.17, 15) is 0 Å². The lowest BCUT2D eigenvalue weighted by Gasteiger charge is -2.39. The number of anilines is 3. The van der Waals surface area contributed by atoms with E-state index >= 15 is 5.21 Å². The van der Waals surface area contributed by atoms with Gasteiger partial charge in [-0.25, -0.2) is 0 Å². The summed E-state index contributed by atoms with van der Waals surface area (Å²) in [6.07, 6.45) is 0.958. The molecule has 1 saturated heterocycles. The van der Waals surface area contributed by atoms with Crippen LogP contribution in [0.3, 0.4) is 0 Å². The highest BCUT2D eigenvalue weighted by atomic mass is 16.5. The zero-order chi connectivity index (χ0) is 43.0. The monoisotopic (exact) mass is 828 g/mol. The first-order chi connectivity index (χ1) is 31.5. The van der Waals surface area contributed by atoms with Crippen LogP contribution in [0.4, 0.5) is 34.1 Å². The van der Waals surface area contributed by atoms with E-state index in [1.54, 1.807) is 0 Å². The number of benzene rings is 9. The molecule has 2 N–H and O–H groups in total. The molecular formula is C59H48N4O. The van der Waals surface area contributed by atoms with Crippen molar-refractivity contribution in [2.75, 3.05) is 4.90 Å². The van der Waals surface area contributed by atoms with Crippen molar-refractivity contribution in [2.24, 2.45) is 0 Å². The van der Waals surface area contributed by atoms with Crippen LogP contribution in [-0.2, 0) is 0 Å². The smallest absolute Gasteiger partial charge is 0.151 e. The van der Waals surface area contributed by atoms with E-state index in [-0.39, 0.29) is 18.2 Å². The molecule has 0 aromatic heterocycles. The highest BCUT2D eigenvalue weighted by Crippen LogP contribution is 2.57. The van der Waals surface area contributed by atoms with Gasteiger partial charge in [0.2, 0.25) is 0 Å². The number of quaternary nitrogens is 1. The molecule has 0 amide bonds. The first-order valence-electron chi connectivity index (χ1n) is 22.2. The molecule has 2 aliphatic rings. The van der Waals surface area contributed by atoms with Crippen molar-refractivity contribution >= 4 is 34.1 Å². The van der Waals surface area contributed by atoms with Gasteiger partial charge in [0.25, 0.3) is 0 Å². The third kappa shape index (κ3) is 7.21. The Morgan fingerprint density at radius 1 is 0.438 bits per heavy atom. The van der Waals surface area contributed by atoms with E-state index < -0.39 is 4.65 Å². The Bertz CT molecular complexity index is 2960. The number of nitrogens with one attached hydrogen (secondary N) is 2. The molecular weight excluding hydrogens is 781 g/mol. The number of rotatable bonds is 9. The summed E-state index contributed by atoms with van der Waals surface area (Å²) in [6.45, 7) is 2.22. The van der Waals surface area contributed by atoms with E-state index in [0.29, 0.717) is 5.69 Å². The van der Waals surface area contributed by atoms with E-state index in [1.807, 2.05) is 48.5 Å². The summed E-state index contributed by atoms with van der Waals surface area (Å²) in [5, 5.41) is 23.3. The Hall–Kier alpha value is -7.38. The van der Waals surface area contributed by atoms with Crippen LogP contribution in [0.15, 0.2) is 231 Å². The first-order valence-corrected chi connectivity index (χ1v) is 22.2. The van der Waals surface area contributed by atoms with Crippen LogP contribution in [0.25, 0.3) is 33.4 Å². The van der Waals surface area contributed by atoms with Crippen molar-refractivity contribution in [3.8, 4) is 33.4 Å². The number of para-hydroxylation sites is 3. The van der Waals surface area contributed by atoms with Crippen molar-refractivity contribution < 1.29 is 0 Å². The molecule has 310 valence electrons. The normalized spacial score (nSPS) is 18.8. The summed E-state index contributed by atoms with van der Waals surface area (Å²) in [4.78, 5) is 2.27. The maximum absolute atomic E-state index is 15.5. The zero-order valence-electron chi connectivity index (χ0n) is 35.7. The van der Waals surface area contributed by atoms with E-state index in [1.165, 1.54) is 22.3 Å². The number of aryl methyl sites for hydroxylation is 1. The van der Waals surface area contributed by atoms with Gasteiger partial charge in [-0.05, 0) is 125 Å². The van der Waals surface area contributed by atoms with Gasteiger partial charge in [-0.15, -0.1) is 0 Å². The van der Waals surface area contributed by atoms with Gasteiger partial charge in [0.1, 0.15) is 5.69 Å². The molecule has 5 heteroatoms. The SMILES string of the molecule is Cc1cc(-c2ccc([N+]3([O-])c4ccccc4-c4cc(-c5ccc(N(c6ccccc6)c6ccccc6)cc5)ccc43)cc2)ccc1C1CC(c2ccccc2)NC(c2ccccc2)N1. The second-order valence-electron chi connectivity index (χ2n) is 17.0. The molecule has 64 heavy (non-hydrogen) atoms. The molecule has 4 atom stereocenters. The molecule has 5 nitrogen and oxygen atoms in total. The second kappa shape index (κ2) is 16.7. The molecule has 0 radical (unpaired) electrons. The fourth-order valence-corrected chi connectivity index (χ4v) is 9.90. The average Bonchev–Trinajstić information content (AvgIpc) is 3.63. The summed E-state index contributed by atoms with van der Waals surface area (Å²) in [5.74, 6) is 0. The second-order valence-corrected chi connectivity index (χ2v) is 17.0. The maximum Gasteiger partial charge on any atom is 0.151 e. The predicted octanol–water partition coefficient (Wildman–Crippen LogP) is 15.3. The first kappa shape index (κ1) is 39.5. The van der Waals surface area contributed by atoms with Crippen LogP contribution in [0.2, 0.25) is 0 Å². The van der Waals surface area contributed by atoms with Crippen LogP contribution < -0.4 is 20.2 Å². The quantitative estimate of drug-likeness (QED) is 0.112. The van der Waals surface area contributed by atoms with Gasteiger partial charge in [0, 0.05) is 59.0 Å². The molecule has 11 rings (SSSR count). The van der Waals surface area contributed by atoms with Crippen LogP contribution >= 0.6 is 0 Å². The minimum absolute atomic E-state index is 0.0233. The molecule has 1 fully saturated rings. The molecule has 0 spiro atoms. The van der Waals surface area contributed by atoms with Gasteiger partial charge in [0.15, 0.2) is 11.4 Å². The summed E-state index contributed by atoms with van der Waals surface area (Å²) < 4.78 is -0.640. The number of hydrogen-bond acceptors (Lipinski definition) is 4. The highest BCUT2D eigenvalue weighted by Gasteiger charge is 2.39. The van der Waals surface area contributed by atoms with Crippen molar-refractivity contribution in [1.29, 1.82) is 0 Å². The van der Waals surface area contributed by atoms with Gasteiger partial charge in [0.05, 0.1) is 11.7 Å². The molecule has 4 unspecified atom stereocenters. The molecule has 0 bridgehead atoms. The van der Waals surface area contributed by atoms with E-state index in [0.717, 1.165) is 68.2 Å². The Labute approximate surface area is 375 Å². The lowest BCUT2D eigenvalue weighted by molar-refractivity contribution is 0.247. The minimum Gasteiger partial charge on any atom is -0.616 e. The van der Waals surface area contributed by atoms with E-state index in [4.69, 9.17) is 0 Å². The Balaban J connectivity index is 0.870. The third-order valence-electron chi connectivity index (χ3n) is 13.1. The Morgan fingerprint density at radius 2 is 0.922 bits per heavy atom. The van der Waals surface area contributed by atoms with Crippen LogP contribution in [0.5, 0.6) is 0 Å². The Kier molecular flexibility index (Phi) is 10.3. The van der Waals surface area contributed by atoms with Crippen molar-refractivity contribution in [3.05, 3.63) is 258 Å². The Morgan fingerprint density at radius 3 is 1.56 bits per heavy atom. The molecule has 9 aromatic rings. The lowest BCUT2D eigenvalue weighted by Crippen LogP contribution is -2.45. The molecule has 2 aliphatic heterocycles. The summed E-state index contributed by atoms with van der Waals surface area (Å²) in [6, 6.07) is 80.8. The van der Waals surface area contributed by atoms with E-state index in [2.05, 4.69) is 204 Å². The molecule has 0 aliphatic carbocycles. The fourth-order valence-electron chi connectivity index (χ4n) is 9.90. The van der Waals surface area contributed by atoms with Gasteiger partial charge in [-0.1, -0.05) is 140 Å². The number of nitrogens with zero attached hydrogens (tertiary/aromatic N) is 2. The highest BCUT2D eigenvalue weighted by molar-refractivity contribution is 6.00. The van der Waals surface area contributed by atoms with Gasteiger partial charge in [-0.2, -0.15) is 0 Å². The maximum atomic E-state index is 15.5. The largest absolute Gasteiger partial charge is 0.616 e.